The van der Waals surface area contributed by atoms with Crippen LogP contribution in [-0.2, 0) is 0 Å². The molecule has 7 nitrogen and oxygen atoms in total. The number of carbonyl (C=O) groups excluding carboxylic acids is 1. The highest BCUT2D eigenvalue weighted by Crippen LogP contribution is 2.39. The summed E-state index contributed by atoms with van der Waals surface area (Å²) in [7, 11) is 0. The SMILES string of the molecule is NC1CC2CCCC(C1)C2NC(=O)c1ccccc1-n1cnnn1. The summed E-state index contributed by atoms with van der Waals surface area (Å²) in [5.41, 5.74) is 7.47. The van der Waals surface area contributed by atoms with Gasteiger partial charge >= 0.3 is 0 Å². The summed E-state index contributed by atoms with van der Waals surface area (Å²) in [4.78, 5) is 12.9. The molecule has 0 saturated heterocycles. The minimum atomic E-state index is -0.0570. The van der Waals surface area contributed by atoms with Crippen molar-refractivity contribution < 1.29 is 4.79 Å². The number of nitrogens with zero attached hydrogens (tertiary/aromatic N) is 4. The number of para-hydroxylation sites is 1. The first-order valence-corrected chi connectivity index (χ1v) is 8.61. The van der Waals surface area contributed by atoms with Gasteiger partial charge in [0.05, 0.1) is 11.3 Å². The van der Waals surface area contributed by atoms with Crippen molar-refractivity contribution >= 4 is 5.91 Å². The summed E-state index contributed by atoms with van der Waals surface area (Å²) >= 11 is 0. The second kappa shape index (κ2) is 6.32. The number of hydrogen-bond donors (Lipinski definition) is 2. The Labute approximate surface area is 140 Å². The zero-order valence-corrected chi connectivity index (χ0v) is 13.5. The molecule has 4 rings (SSSR count). The third-order valence-electron chi connectivity index (χ3n) is 5.42. The van der Waals surface area contributed by atoms with Crippen LogP contribution in [0.5, 0.6) is 0 Å². The average molecular weight is 326 g/mol. The Hall–Kier alpha value is -2.28. The van der Waals surface area contributed by atoms with Gasteiger partial charge in [0, 0.05) is 12.1 Å². The topological polar surface area (TPSA) is 98.7 Å². The lowest BCUT2D eigenvalue weighted by Crippen LogP contribution is -2.53. The zero-order chi connectivity index (χ0) is 16.5. The molecule has 1 heterocycles. The lowest BCUT2D eigenvalue weighted by molar-refractivity contribution is 0.0756. The van der Waals surface area contributed by atoms with Crippen molar-refractivity contribution in [2.45, 2.75) is 44.2 Å². The van der Waals surface area contributed by atoms with Crippen molar-refractivity contribution in [3.8, 4) is 5.69 Å². The molecule has 1 aromatic carbocycles. The van der Waals surface area contributed by atoms with Crippen LogP contribution in [0.2, 0.25) is 0 Å². The second-order valence-corrected chi connectivity index (χ2v) is 6.95. The van der Waals surface area contributed by atoms with E-state index in [0.29, 0.717) is 23.1 Å². The fourth-order valence-corrected chi connectivity index (χ4v) is 4.39. The molecule has 2 fully saturated rings. The molecule has 126 valence electrons. The highest BCUT2D eigenvalue weighted by atomic mass is 16.1. The number of tetrazole rings is 1. The summed E-state index contributed by atoms with van der Waals surface area (Å²) in [6, 6.07) is 7.91. The molecular formula is C17H22N6O. The van der Waals surface area contributed by atoms with E-state index >= 15 is 0 Å². The molecule has 2 aromatic rings. The summed E-state index contributed by atoms with van der Waals surface area (Å²) < 4.78 is 1.52. The number of nitrogens with two attached hydrogens (primary N) is 1. The van der Waals surface area contributed by atoms with Gasteiger partial charge in [-0.05, 0) is 60.1 Å². The van der Waals surface area contributed by atoms with Crippen LogP contribution in [0.4, 0.5) is 0 Å². The van der Waals surface area contributed by atoms with Gasteiger partial charge in [-0.3, -0.25) is 4.79 Å². The predicted molar refractivity (Wildman–Crippen MR) is 88.4 cm³/mol. The van der Waals surface area contributed by atoms with Crippen LogP contribution in [0, 0.1) is 11.8 Å². The number of carbonyl (C=O) groups is 1. The molecule has 7 heteroatoms. The minimum Gasteiger partial charge on any atom is -0.349 e. The summed E-state index contributed by atoms with van der Waals surface area (Å²) in [6.07, 6.45) is 7.08. The van der Waals surface area contributed by atoms with E-state index in [-0.39, 0.29) is 18.0 Å². The lowest BCUT2D eigenvalue weighted by Gasteiger charge is -2.45. The number of aromatic nitrogens is 4. The van der Waals surface area contributed by atoms with Crippen LogP contribution in [0.1, 0.15) is 42.5 Å². The van der Waals surface area contributed by atoms with Crippen LogP contribution >= 0.6 is 0 Å². The van der Waals surface area contributed by atoms with E-state index in [1.54, 1.807) is 0 Å². The monoisotopic (exact) mass is 326 g/mol. The van der Waals surface area contributed by atoms with Gasteiger partial charge in [0.1, 0.15) is 6.33 Å². The van der Waals surface area contributed by atoms with Crippen molar-refractivity contribution in [3.05, 3.63) is 36.2 Å². The molecular weight excluding hydrogens is 304 g/mol. The first kappa shape index (κ1) is 15.3. The Morgan fingerprint density at radius 1 is 1.21 bits per heavy atom. The Bertz CT molecular complexity index is 702. The van der Waals surface area contributed by atoms with Gasteiger partial charge in [-0.2, -0.15) is 4.68 Å². The van der Waals surface area contributed by atoms with E-state index < -0.39 is 0 Å². The van der Waals surface area contributed by atoms with E-state index in [1.807, 2.05) is 24.3 Å². The van der Waals surface area contributed by atoms with Gasteiger partial charge in [-0.1, -0.05) is 18.6 Å². The van der Waals surface area contributed by atoms with Crippen LogP contribution < -0.4 is 11.1 Å². The summed E-state index contributed by atoms with van der Waals surface area (Å²) in [6.45, 7) is 0. The maximum atomic E-state index is 12.9. The molecule has 2 bridgehead atoms. The van der Waals surface area contributed by atoms with Crippen molar-refractivity contribution in [2.75, 3.05) is 0 Å². The fourth-order valence-electron chi connectivity index (χ4n) is 4.39. The second-order valence-electron chi connectivity index (χ2n) is 6.95. The molecule has 0 radical (unpaired) electrons. The van der Waals surface area contributed by atoms with Crippen molar-refractivity contribution in [1.82, 2.24) is 25.5 Å². The zero-order valence-electron chi connectivity index (χ0n) is 13.5. The standard InChI is InChI=1S/C17H22N6O/c18-13-8-11-4-3-5-12(9-13)16(11)20-17(24)14-6-1-2-7-15(14)23-10-19-21-22-23/h1-2,6-7,10-13,16H,3-5,8-9,18H2,(H,20,24). The van der Waals surface area contributed by atoms with Crippen molar-refractivity contribution in [3.63, 3.8) is 0 Å². The molecule has 1 aromatic heterocycles. The summed E-state index contributed by atoms with van der Waals surface area (Å²) in [5, 5.41) is 14.5. The van der Waals surface area contributed by atoms with E-state index in [0.717, 1.165) is 25.7 Å². The Balaban J connectivity index is 1.57. The Kier molecular flexibility index (Phi) is 4.02. The van der Waals surface area contributed by atoms with Crippen LogP contribution in [0.3, 0.4) is 0 Å². The molecule has 2 unspecified atom stereocenters. The third-order valence-corrected chi connectivity index (χ3v) is 5.42. The largest absolute Gasteiger partial charge is 0.349 e. The number of hydrogen-bond acceptors (Lipinski definition) is 5. The van der Waals surface area contributed by atoms with Crippen LogP contribution in [0.15, 0.2) is 30.6 Å². The maximum Gasteiger partial charge on any atom is 0.253 e. The fraction of sp³-hybridized carbons (Fsp3) is 0.529. The molecule has 2 aliphatic carbocycles. The van der Waals surface area contributed by atoms with E-state index in [9.17, 15) is 4.79 Å². The molecule has 2 atom stereocenters. The Morgan fingerprint density at radius 2 is 1.96 bits per heavy atom. The van der Waals surface area contributed by atoms with Gasteiger partial charge < -0.3 is 11.1 Å². The number of amides is 1. The van der Waals surface area contributed by atoms with E-state index in [2.05, 4.69) is 20.8 Å². The van der Waals surface area contributed by atoms with Gasteiger partial charge in [-0.15, -0.1) is 5.10 Å². The molecule has 24 heavy (non-hydrogen) atoms. The molecule has 0 spiro atoms. The molecule has 0 aliphatic heterocycles. The van der Waals surface area contributed by atoms with Crippen molar-refractivity contribution in [1.29, 1.82) is 0 Å². The van der Waals surface area contributed by atoms with Crippen LogP contribution in [0.25, 0.3) is 5.69 Å². The molecule has 3 N–H and O–H groups in total. The number of fused-ring (bicyclic) bond motifs is 2. The molecule has 2 aliphatic rings. The number of nitrogens with one attached hydrogen (secondary N) is 1. The van der Waals surface area contributed by atoms with Gasteiger partial charge in [-0.25, -0.2) is 0 Å². The third kappa shape index (κ3) is 2.80. The maximum absolute atomic E-state index is 12.9. The Morgan fingerprint density at radius 3 is 2.67 bits per heavy atom. The van der Waals surface area contributed by atoms with E-state index in [4.69, 9.17) is 5.73 Å². The first-order valence-electron chi connectivity index (χ1n) is 8.61. The summed E-state index contributed by atoms with van der Waals surface area (Å²) in [5.74, 6) is 0.937. The van der Waals surface area contributed by atoms with Gasteiger partial charge in [0.2, 0.25) is 0 Å². The normalized spacial score (nSPS) is 29.2. The first-order chi connectivity index (χ1) is 11.7. The van der Waals surface area contributed by atoms with Gasteiger partial charge in [0.15, 0.2) is 0 Å². The number of benzene rings is 1. The highest BCUT2D eigenvalue weighted by molar-refractivity contribution is 5.97. The van der Waals surface area contributed by atoms with Gasteiger partial charge in [0.25, 0.3) is 5.91 Å². The lowest BCUT2D eigenvalue weighted by atomic mass is 9.67. The number of rotatable bonds is 3. The van der Waals surface area contributed by atoms with Crippen molar-refractivity contribution in [2.24, 2.45) is 17.6 Å². The molecule has 2 saturated carbocycles. The molecule has 1 amide bonds. The average Bonchev–Trinajstić information content (AvgIpc) is 3.10. The highest BCUT2D eigenvalue weighted by Gasteiger charge is 2.40. The quantitative estimate of drug-likeness (QED) is 0.886. The minimum absolute atomic E-state index is 0.0570. The smallest absolute Gasteiger partial charge is 0.253 e. The van der Waals surface area contributed by atoms with Crippen LogP contribution in [-0.4, -0.2) is 38.2 Å². The predicted octanol–water partition coefficient (Wildman–Crippen LogP) is 1.30. The van der Waals surface area contributed by atoms with E-state index in [1.165, 1.54) is 17.4 Å².